The lowest BCUT2D eigenvalue weighted by Crippen LogP contribution is -2.49. The summed E-state index contributed by atoms with van der Waals surface area (Å²) in [6.07, 6.45) is 0.654. The van der Waals surface area contributed by atoms with E-state index in [1.54, 1.807) is 0 Å². The Morgan fingerprint density at radius 3 is 2.82 bits per heavy atom. The molecule has 62 valence electrons. The summed E-state index contributed by atoms with van der Waals surface area (Å²) in [7, 11) is 4.20. The molecule has 0 N–H and O–H groups in total. The Bertz CT molecular complexity index is 161. The largest absolute Gasteiger partial charge is 0.304 e. The van der Waals surface area contributed by atoms with Crippen molar-refractivity contribution in [2.24, 2.45) is 0 Å². The average molecular weight is 153 g/mol. The quantitative estimate of drug-likeness (QED) is 0.537. The molecule has 1 aliphatic rings. The minimum absolute atomic E-state index is 0.443. The molecule has 0 radical (unpaired) electrons. The second kappa shape index (κ2) is 3.70. The molecule has 0 aromatic rings. The Morgan fingerprint density at radius 1 is 1.45 bits per heavy atom. The lowest BCUT2D eigenvalue weighted by Gasteiger charge is -2.36. The number of likely N-dealkylation sites (N-methyl/N-ethyl adjacent to an activating group) is 2. The van der Waals surface area contributed by atoms with E-state index in [2.05, 4.69) is 30.0 Å². The van der Waals surface area contributed by atoms with Gasteiger partial charge < -0.3 is 4.90 Å². The van der Waals surface area contributed by atoms with Gasteiger partial charge in [-0.1, -0.05) is 0 Å². The summed E-state index contributed by atoms with van der Waals surface area (Å²) in [6.45, 7) is 3.24. The third kappa shape index (κ3) is 2.18. The molecule has 3 heteroatoms. The second-order valence-corrected chi connectivity index (χ2v) is 3.26. The summed E-state index contributed by atoms with van der Waals surface area (Å²) in [5.74, 6) is 0. The van der Waals surface area contributed by atoms with E-state index in [0.29, 0.717) is 12.5 Å². The maximum atomic E-state index is 8.53. The van der Waals surface area contributed by atoms with Crippen molar-refractivity contribution < 1.29 is 0 Å². The molecular formula is C8H15N3. The topological polar surface area (TPSA) is 30.3 Å². The van der Waals surface area contributed by atoms with Gasteiger partial charge in [0.05, 0.1) is 12.5 Å². The van der Waals surface area contributed by atoms with Crippen LogP contribution in [0.4, 0.5) is 0 Å². The maximum absolute atomic E-state index is 8.53. The lowest BCUT2D eigenvalue weighted by atomic mass is 10.1. The molecule has 3 nitrogen and oxygen atoms in total. The number of nitriles is 1. The first-order chi connectivity index (χ1) is 5.24. The number of hydrogen-bond acceptors (Lipinski definition) is 3. The Kier molecular flexibility index (Phi) is 2.86. The van der Waals surface area contributed by atoms with E-state index in [1.165, 1.54) is 0 Å². The molecule has 1 fully saturated rings. The molecule has 1 saturated heterocycles. The first-order valence-electron chi connectivity index (χ1n) is 3.99. The van der Waals surface area contributed by atoms with Crippen molar-refractivity contribution in [2.75, 3.05) is 33.7 Å². The van der Waals surface area contributed by atoms with Crippen molar-refractivity contribution in [3.05, 3.63) is 0 Å². The van der Waals surface area contributed by atoms with Crippen molar-refractivity contribution in [2.45, 2.75) is 12.5 Å². The van der Waals surface area contributed by atoms with Crippen LogP contribution in [-0.4, -0.2) is 49.6 Å². The number of hydrogen-bond donors (Lipinski definition) is 0. The van der Waals surface area contributed by atoms with Crippen LogP contribution < -0.4 is 0 Å². The summed E-state index contributed by atoms with van der Waals surface area (Å²) >= 11 is 0. The van der Waals surface area contributed by atoms with Crippen LogP contribution in [0, 0.1) is 11.3 Å². The van der Waals surface area contributed by atoms with Gasteiger partial charge in [-0.3, -0.25) is 4.90 Å². The molecule has 0 aliphatic carbocycles. The summed E-state index contributed by atoms with van der Waals surface area (Å²) in [5, 5.41) is 8.53. The molecule has 1 atom stereocenters. The van der Waals surface area contributed by atoms with Gasteiger partial charge in [-0.05, 0) is 14.1 Å². The zero-order valence-corrected chi connectivity index (χ0v) is 7.25. The zero-order chi connectivity index (χ0) is 8.27. The van der Waals surface area contributed by atoms with Crippen LogP contribution in [0.25, 0.3) is 0 Å². The molecule has 11 heavy (non-hydrogen) atoms. The van der Waals surface area contributed by atoms with Gasteiger partial charge in [0.2, 0.25) is 0 Å². The summed E-state index contributed by atoms with van der Waals surface area (Å²) in [6, 6.07) is 2.66. The Balaban J connectivity index is 2.42. The van der Waals surface area contributed by atoms with Crippen LogP contribution in [0.15, 0.2) is 0 Å². The van der Waals surface area contributed by atoms with Crippen molar-refractivity contribution in [1.82, 2.24) is 9.80 Å². The van der Waals surface area contributed by atoms with Gasteiger partial charge in [0, 0.05) is 25.7 Å². The molecule has 0 saturated carbocycles. The molecule has 0 aromatic heterocycles. The first kappa shape index (κ1) is 8.51. The Morgan fingerprint density at radius 2 is 2.18 bits per heavy atom. The van der Waals surface area contributed by atoms with E-state index in [1.807, 2.05) is 0 Å². The fourth-order valence-corrected chi connectivity index (χ4v) is 1.43. The highest BCUT2D eigenvalue weighted by Crippen LogP contribution is 2.07. The van der Waals surface area contributed by atoms with Crippen LogP contribution >= 0.6 is 0 Å². The smallest absolute Gasteiger partial charge is 0.0638 e. The highest BCUT2D eigenvalue weighted by Gasteiger charge is 2.21. The predicted octanol–water partition coefficient (Wildman–Crippen LogP) is 0.146. The van der Waals surface area contributed by atoms with Crippen molar-refractivity contribution in [3.8, 4) is 6.07 Å². The third-order valence-corrected chi connectivity index (χ3v) is 2.31. The van der Waals surface area contributed by atoms with E-state index in [-0.39, 0.29) is 0 Å². The molecule has 0 spiro atoms. The molecule has 1 aliphatic heterocycles. The normalized spacial score (nSPS) is 28.3. The fraction of sp³-hybridized carbons (Fsp3) is 0.875. The van der Waals surface area contributed by atoms with Gasteiger partial charge >= 0.3 is 0 Å². The van der Waals surface area contributed by atoms with Gasteiger partial charge in [0.1, 0.15) is 0 Å². The summed E-state index contributed by atoms with van der Waals surface area (Å²) in [4.78, 5) is 4.55. The SMILES string of the molecule is CN1CCN(C)[C@@H](CC#N)C1. The first-order valence-corrected chi connectivity index (χ1v) is 3.99. The summed E-state index contributed by atoms with van der Waals surface area (Å²) in [5.41, 5.74) is 0. The fourth-order valence-electron chi connectivity index (χ4n) is 1.43. The third-order valence-electron chi connectivity index (χ3n) is 2.31. The highest BCUT2D eigenvalue weighted by molar-refractivity contribution is 4.86. The predicted molar refractivity (Wildman–Crippen MR) is 44.1 cm³/mol. The summed E-state index contributed by atoms with van der Waals surface area (Å²) < 4.78 is 0. The zero-order valence-electron chi connectivity index (χ0n) is 7.25. The highest BCUT2D eigenvalue weighted by atomic mass is 15.3. The molecular weight excluding hydrogens is 138 g/mol. The van der Waals surface area contributed by atoms with Crippen molar-refractivity contribution in [3.63, 3.8) is 0 Å². The van der Waals surface area contributed by atoms with Gasteiger partial charge in [-0.15, -0.1) is 0 Å². The Labute approximate surface area is 68.2 Å². The molecule has 0 unspecified atom stereocenters. The standard InChI is InChI=1S/C8H15N3/c1-10-5-6-11(2)8(7-10)3-4-9/h8H,3,5-7H2,1-2H3/t8-/m0/s1. The van der Waals surface area contributed by atoms with E-state index in [4.69, 9.17) is 5.26 Å². The van der Waals surface area contributed by atoms with Crippen LogP contribution in [0.3, 0.4) is 0 Å². The molecule has 0 aromatic carbocycles. The van der Waals surface area contributed by atoms with Crippen LogP contribution in [-0.2, 0) is 0 Å². The van der Waals surface area contributed by atoms with Gasteiger partial charge in [0.25, 0.3) is 0 Å². The van der Waals surface area contributed by atoms with Crippen LogP contribution in [0.5, 0.6) is 0 Å². The monoisotopic (exact) mass is 153 g/mol. The number of rotatable bonds is 1. The van der Waals surface area contributed by atoms with Gasteiger partial charge in [0.15, 0.2) is 0 Å². The average Bonchev–Trinajstić information content (AvgIpc) is 1.98. The second-order valence-electron chi connectivity index (χ2n) is 3.26. The molecule has 1 rings (SSSR count). The molecule has 1 heterocycles. The maximum Gasteiger partial charge on any atom is 0.0638 e. The van der Waals surface area contributed by atoms with Crippen molar-refractivity contribution in [1.29, 1.82) is 5.26 Å². The lowest BCUT2D eigenvalue weighted by molar-refractivity contribution is 0.117. The van der Waals surface area contributed by atoms with E-state index < -0.39 is 0 Å². The van der Waals surface area contributed by atoms with Gasteiger partial charge in [-0.25, -0.2) is 0 Å². The number of nitrogens with zero attached hydrogens (tertiary/aromatic N) is 3. The van der Waals surface area contributed by atoms with E-state index >= 15 is 0 Å². The molecule has 0 bridgehead atoms. The van der Waals surface area contributed by atoms with E-state index in [9.17, 15) is 0 Å². The van der Waals surface area contributed by atoms with Crippen LogP contribution in [0.1, 0.15) is 6.42 Å². The van der Waals surface area contributed by atoms with Gasteiger partial charge in [-0.2, -0.15) is 5.26 Å². The minimum atomic E-state index is 0.443. The van der Waals surface area contributed by atoms with Crippen LogP contribution in [0.2, 0.25) is 0 Å². The van der Waals surface area contributed by atoms with E-state index in [0.717, 1.165) is 19.6 Å². The van der Waals surface area contributed by atoms with Crippen molar-refractivity contribution >= 4 is 0 Å². The molecule has 0 amide bonds. The minimum Gasteiger partial charge on any atom is -0.304 e. The number of piperazine rings is 1. The Hall–Kier alpha value is -0.590.